The molecule has 0 bridgehead atoms. The molecule has 2 rings (SSSR count). The topological polar surface area (TPSA) is 69.4 Å². The van der Waals surface area contributed by atoms with Gasteiger partial charge in [-0.05, 0) is 42.8 Å². The first-order valence-corrected chi connectivity index (χ1v) is 7.08. The Balaban J connectivity index is 1.96. The van der Waals surface area contributed by atoms with E-state index in [1.165, 1.54) is 0 Å². The fourth-order valence-electron chi connectivity index (χ4n) is 1.67. The molecule has 1 aromatic heterocycles. The number of nitrogens with zero attached hydrogens (tertiary/aromatic N) is 1. The molecule has 0 amide bonds. The van der Waals surface area contributed by atoms with Crippen LogP contribution in [0.4, 0.5) is 5.82 Å². The van der Waals surface area contributed by atoms with Gasteiger partial charge in [-0.1, -0.05) is 18.5 Å². The van der Waals surface area contributed by atoms with Crippen LogP contribution in [-0.2, 0) is 6.61 Å². The van der Waals surface area contributed by atoms with Gasteiger partial charge in [-0.2, -0.15) is 0 Å². The summed E-state index contributed by atoms with van der Waals surface area (Å²) in [6.07, 6.45) is 0.980. The van der Waals surface area contributed by atoms with Crippen LogP contribution in [0.5, 0.6) is 11.5 Å². The number of nitrogen functional groups attached to an aromatic ring is 1. The third-order valence-electron chi connectivity index (χ3n) is 2.74. The third kappa shape index (κ3) is 4.51. The number of aromatic nitrogens is 1. The van der Waals surface area contributed by atoms with Gasteiger partial charge in [0.1, 0.15) is 23.9 Å². The molecule has 0 spiro atoms. The lowest BCUT2D eigenvalue weighted by Gasteiger charge is -2.09. The molecule has 0 saturated carbocycles. The lowest BCUT2D eigenvalue weighted by Crippen LogP contribution is -2.10. The van der Waals surface area contributed by atoms with Crippen molar-refractivity contribution in [3.8, 4) is 11.5 Å². The van der Waals surface area contributed by atoms with E-state index >= 15 is 0 Å². The Morgan fingerprint density at radius 1 is 1.10 bits per heavy atom. The van der Waals surface area contributed by atoms with Crippen molar-refractivity contribution in [3.05, 3.63) is 47.1 Å². The Labute approximate surface area is 129 Å². The molecule has 1 aromatic carbocycles. The highest BCUT2D eigenvalue weighted by Crippen LogP contribution is 2.21. The summed E-state index contributed by atoms with van der Waals surface area (Å²) >= 11 is 6.07. The number of nitrogens with two attached hydrogens (primary N) is 1. The number of pyridine rings is 1. The zero-order valence-electron chi connectivity index (χ0n) is 11.8. The predicted molar refractivity (Wildman–Crippen MR) is 83.6 cm³/mol. The molecule has 0 atom stereocenters. The molecular weight excluding hydrogens is 290 g/mol. The summed E-state index contributed by atoms with van der Waals surface area (Å²) in [6.45, 7) is 3.04. The van der Waals surface area contributed by atoms with E-state index in [-0.39, 0.29) is 6.61 Å². The molecule has 5 nitrogen and oxygen atoms in total. The molecule has 1 heterocycles. The molecule has 112 valence electrons. The largest absolute Gasteiger partial charge is 0.494 e. The molecule has 21 heavy (non-hydrogen) atoms. The van der Waals surface area contributed by atoms with Crippen LogP contribution in [0.1, 0.15) is 19.0 Å². The van der Waals surface area contributed by atoms with E-state index in [1.807, 2.05) is 24.3 Å². The van der Waals surface area contributed by atoms with Crippen LogP contribution in [0, 0.1) is 0 Å². The van der Waals surface area contributed by atoms with Crippen molar-refractivity contribution in [2.24, 2.45) is 5.84 Å². The second-order valence-corrected chi connectivity index (χ2v) is 4.79. The van der Waals surface area contributed by atoms with Gasteiger partial charge in [-0.3, -0.25) is 0 Å². The predicted octanol–water partition coefficient (Wildman–Crippen LogP) is 3.39. The number of hydrogen-bond donors (Lipinski definition) is 2. The van der Waals surface area contributed by atoms with Crippen molar-refractivity contribution in [1.82, 2.24) is 4.98 Å². The van der Waals surface area contributed by atoms with Crippen LogP contribution in [0.15, 0.2) is 36.4 Å². The lowest BCUT2D eigenvalue weighted by molar-refractivity contribution is 0.298. The summed E-state index contributed by atoms with van der Waals surface area (Å²) in [5, 5.41) is 0.539. The first-order valence-electron chi connectivity index (χ1n) is 6.70. The normalized spacial score (nSPS) is 10.2. The molecule has 0 fully saturated rings. The summed E-state index contributed by atoms with van der Waals surface area (Å²) in [5.41, 5.74) is 3.10. The number of nitrogens with one attached hydrogen (secondary N) is 1. The van der Waals surface area contributed by atoms with Gasteiger partial charge in [-0.25, -0.2) is 10.8 Å². The minimum Gasteiger partial charge on any atom is -0.494 e. The molecule has 0 radical (unpaired) electrons. The standard InChI is InChI=1S/C15H18ClN3O2/c1-2-9-20-11-3-5-12(6-4-11)21-10-14-13(16)7-8-15(18-14)19-17/h3-8H,2,9-10,17H2,1H3,(H,18,19). The highest BCUT2D eigenvalue weighted by molar-refractivity contribution is 6.31. The smallest absolute Gasteiger partial charge is 0.140 e. The number of hydrazine groups is 1. The number of hydrogen-bond acceptors (Lipinski definition) is 5. The third-order valence-corrected chi connectivity index (χ3v) is 3.08. The van der Waals surface area contributed by atoms with Gasteiger partial charge in [0.15, 0.2) is 0 Å². The van der Waals surface area contributed by atoms with Gasteiger partial charge in [0.05, 0.1) is 17.3 Å². The Morgan fingerprint density at radius 3 is 2.38 bits per heavy atom. The Bertz CT molecular complexity index is 576. The summed E-state index contributed by atoms with van der Waals surface area (Å²) < 4.78 is 11.2. The van der Waals surface area contributed by atoms with Gasteiger partial charge < -0.3 is 14.9 Å². The van der Waals surface area contributed by atoms with Crippen LogP contribution in [0.3, 0.4) is 0 Å². The molecule has 0 aliphatic carbocycles. The Kier molecular flexibility index (Phi) is 5.66. The zero-order valence-corrected chi connectivity index (χ0v) is 12.6. The first-order chi connectivity index (χ1) is 10.2. The van der Waals surface area contributed by atoms with Crippen molar-refractivity contribution in [1.29, 1.82) is 0 Å². The molecule has 0 aliphatic heterocycles. The number of rotatable bonds is 7. The quantitative estimate of drug-likeness (QED) is 0.606. The van der Waals surface area contributed by atoms with Crippen LogP contribution in [0.25, 0.3) is 0 Å². The lowest BCUT2D eigenvalue weighted by atomic mass is 10.3. The molecular formula is C15H18ClN3O2. The summed E-state index contributed by atoms with van der Waals surface area (Å²) in [6, 6.07) is 10.9. The molecule has 2 aromatic rings. The average Bonchev–Trinajstić information content (AvgIpc) is 2.53. The highest BCUT2D eigenvalue weighted by Gasteiger charge is 2.05. The van der Waals surface area contributed by atoms with Crippen molar-refractivity contribution in [3.63, 3.8) is 0 Å². The van der Waals surface area contributed by atoms with Gasteiger partial charge >= 0.3 is 0 Å². The maximum absolute atomic E-state index is 6.07. The summed E-state index contributed by atoms with van der Waals surface area (Å²) in [5.74, 6) is 7.42. The van der Waals surface area contributed by atoms with Crippen molar-refractivity contribution in [2.75, 3.05) is 12.0 Å². The number of halogens is 1. The van der Waals surface area contributed by atoms with E-state index in [4.69, 9.17) is 26.9 Å². The zero-order chi connectivity index (χ0) is 15.1. The second-order valence-electron chi connectivity index (χ2n) is 4.38. The van der Waals surface area contributed by atoms with Crippen LogP contribution in [0.2, 0.25) is 5.02 Å². The minimum absolute atomic E-state index is 0.267. The molecule has 0 saturated heterocycles. The fraction of sp³-hybridized carbons (Fsp3) is 0.267. The van der Waals surface area contributed by atoms with Crippen molar-refractivity contribution < 1.29 is 9.47 Å². The van der Waals surface area contributed by atoms with Crippen molar-refractivity contribution >= 4 is 17.4 Å². The van der Waals surface area contributed by atoms with Gasteiger partial charge in [0.2, 0.25) is 0 Å². The van der Waals surface area contributed by atoms with Crippen LogP contribution in [-0.4, -0.2) is 11.6 Å². The molecule has 0 aliphatic rings. The van der Waals surface area contributed by atoms with Crippen LogP contribution < -0.4 is 20.7 Å². The van der Waals surface area contributed by atoms with Gasteiger partial charge in [-0.15, -0.1) is 0 Å². The van der Waals surface area contributed by atoms with E-state index in [0.29, 0.717) is 23.1 Å². The average molecular weight is 308 g/mol. The maximum Gasteiger partial charge on any atom is 0.140 e. The second kappa shape index (κ2) is 7.71. The molecule has 3 N–H and O–H groups in total. The summed E-state index contributed by atoms with van der Waals surface area (Å²) in [4.78, 5) is 4.25. The van der Waals surface area contributed by atoms with E-state index in [1.54, 1.807) is 12.1 Å². The molecule has 0 unspecified atom stereocenters. The van der Waals surface area contributed by atoms with Crippen molar-refractivity contribution in [2.45, 2.75) is 20.0 Å². The highest BCUT2D eigenvalue weighted by atomic mass is 35.5. The molecule has 6 heteroatoms. The van der Waals surface area contributed by atoms with E-state index < -0.39 is 0 Å². The fourth-order valence-corrected chi connectivity index (χ4v) is 1.83. The number of anilines is 1. The first kappa shape index (κ1) is 15.4. The Hall–Kier alpha value is -1.98. The monoisotopic (exact) mass is 307 g/mol. The SMILES string of the molecule is CCCOc1ccc(OCc2nc(NN)ccc2Cl)cc1. The Morgan fingerprint density at radius 2 is 1.76 bits per heavy atom. The van der Waals surface area contributed by atoms with Crippen LogP contribution >= 0.6 is 11.6 Å². The summed E-state index contributed by atoms with van der Waals surface area (Å²) in [7, 11) is 0. The number of ether oxygens (including phenoxy) is 2. The van der Waals surface area contributed by atoms with E-state index in [2.05, 4.69) is 17.3 Å². The maximum atomic E-state index is 6.07. The minimum atomic E-state index is 0.267. The van der Waals surface area contributed by atoms with E-state index in [9.17, 15) is 0 Å². The van der Waals surface area contributed by atoms with Gasteiger partial charge in [0, 0.05) is 0 Å². The van der Waals surface area contributed by atoms with Gasteiger partial charge in [0.25, 0.3) is 0 Å². The van der Waals surface area contributed by atoms with E-state index in [0.717, 1.165) is 17.9 Å². The number of benzene rings is 1.